The van der Waals surface area contributed by atoms with Gasteiger partial charge >= 0.3 is 0 Å². The van der Waals surface area contributed by atoms with Crippen molar-refractivity contribution in [1.29, 1.82) is 0 Å². The largest absolute Gasteiger partial charge is 0.451 e. The molecule has 2 fully saturated rings. The maximum Gasteiger partial charge on any atom is 0.289 e. The van der Waals surface area contributed by atoms with Gasteiger partial charge in [-0.1, -0.05) is 0 Å². The number of aromatic nitrogens is 1. The molecule has 0 N–H and O–H groups in total. The standard InChI is InChI=1S/C19H25N3O3/c1-14-3-4-16(24-14)13-21-7-2-8-22(10-9-21)19(23)18-11-15-12-20-6-5-17(15)25-18/h5-6,11-12,14,16H,2-4,7-10,13H2,1H3. The molecule has 6 nitrogen and oxygen atoms in total. The van der Waals surface area contributed by atoms with E-state index >= 15 is 0 Å². The number of hydrogen-bond donors (Lipinski definition) is 0. The zero-order valence-corrected chi connectivity index (χ0v) is 14.7. The Morgan fingerprint density at radius 1 is 1.28 bits per heavy atom. The van der Waals surface area contributed by atoms with Gasteiger partial charge < -0.3 is 14.1 Å². The van der Waals surface area contributed by atoms with Gasteiger partial charge in [0.1, 0.15) is 5.58 Å². The molecule has 2 aliphatic heterocycles. The first-order valence-electron chi connectivity index (χ1n) is 9.20. The van der Waals surface area contributed by atoms with Crippen LogP contribution < -0.4 is 0 Å². The fraction of sp³-hybridized carbons (Fsp3) is 0.579. The van der Waals surface area contributed by atoms with Crippen molar-refractivity contribution in [1.82, 2.24) is 14.8 Å². The Balaban J connectivity index is 1.37. The number of nitrogens with zero attached hydrogens (tertiary/aromatic N) is 3. The highest BCUT2D eigenvalue weighted by molar-refractivity contribution is 5.95. The minimum absolute atomic E-state index is 0.0243. The Kier molecular flexibility index (Phi) is 4.72. The average molecular weight is 343 g/mol. The van der Waals surface area contributed by atoms with Crippen LogP contribution in [0, 0.1) is 0 Å². The lowest BCUT2D eigenvalue weighted by Crippen LogP contribution is -2.37. The summed E-state index contributed by atoms with van der Waals surface area (Å²) in [4.78, 5) is 21.2. The van der Waals surface area contributed by atoms with Crippen LogP contribution in [0.5, 0.6) is 0 Å². The molecular weight excluding hydrogens is 318 g/mol. The van der Waals surface area contributed by atoms with E-state index in [4.69, 9.17) is 9.15 Å². The topological polar surface area (TPSA) is 58.8 Å². The fourth-order valence-corrected chi connectivity index (χ4v) is 3.81. The fourth-order valence-electron chi connectivity index (χ4n) is 3.81. The number of rotatable bonds is 3. The summed E-state index contributed by atoms with van der Waals surface area (Å²) >= 11 is 0. The van der Waals surface area contributed by atoms with Gasteiger partial charge in [0.05, 0.1) is 12.2 Å². The molecule has 2 aliphatic rings. The van der Waals surface area contributed by atoms with Crippen LogP contribution in [0.15, 0.2) is 28.9 Å². The SMILES string of the molecule is CC1CCC(CN2CCCN(C(=O)c3cc4cnccc4o3)CC2)O1. The Labute approximate surface area is 147 Å². The number of furan rings is 1. The molecule has 134 valence electrons. The molecule has 25 heavy (non-hydrogen) atoms. The molecule has 4 heterocycles. The summed E-state index contributed by atoms with van der Waals surface area (Å²) in [7, 11) is 0. The van der Waals surface area contributed by atoms with Gasteiger partial charge in [-0.15, -0.1) is 0 Å². The van der Waals surface area contributed by atoms with Crippen LogP contribution in [0.2, 0.25) is 0 Å². The first-order valence-corrected chi connectivity index (χ1v) is 9.20. The van der Waals surface area contributed by atoms with Gasteiger partial charge in [0, 0.05) is 44.0 Å². The van der Waals surface area contributed by atoms with E-state index in [2.05, 4.69) is 16.8 Å². The number of pyridine rings is 1. The second kappa shape index (κ2) is 7.14. The number of carbonyl (C=O) groups excluding carboxylic acids is 1. The van der Waals surface area contributed by atoms with Gasteiger partial charge in [-0.3, -0.25) is 14.7 Å². The number of carbonyl (C=O) groups is 1. The Bertz CT molecular complexity index is 711. The third-order valence-corrected chi connectivity index (χ3v) is 5.18. The summed E-state index contributed by atoms with van der Waals surface area (Å²) in [6, 6.07) is 3.58. The molecule has 1 amide bonds. The van der Waals surface area contributed by atoms with Crippen molar-refractivity contribution in [3.63, 3.8) is 0 Å². The van der Waals surface area contributed by atoms with Gasteiger partial charge in [0.2, 0.25) is 0 Å². The van der Waals surface area contributed by atoms with Crippen molar-refractivity contribution in [3.05, 3.63) is 30.3 Å². The second-order valence-corrected chi connectivity index (χ2v) is 7.12. The number of amides is 1. The molecule has 2 aromatic rings. The lowest BCUT2D eigenvalue weighted by molar-refractivity contribution is 0.0321. The first-order chi connectivity index (χ1) is 12.2. The minimum atomic E-state index is -0.0243. The van der Waals surface area contributed by atoms with Gasteiger partial charge in [0.25, 0.3) is 5.91 Å². The van der Waals surface area contributed by atoms with Crippen molar-refractivity contribution in [2.24, 2.45) is 0 Å². The Hall–Kier alpha value is -1.92. The maximum atomic E-state index is 12.8. The van der Waals surface area contributed by atoms with Crippen molar-refractivity contribution < 1.29 is 13.9 Å². The van der Waals surface area contributed by atoms with Gasteiger partial charge in [-0.25, -0.2) is 0 Å². The molecule has 2 atom stereocenters. The Morgan fingerprint density at radius 3 is 3.00 bits per heavy atom. The summed E-state index contributed by atoms with van der Waals surface area (Å²) in [5.74, 6) is 0.383. The molecule has 0 aliphatic carbocycles. The van der Waals surface area contributed by atoms with E-state index in [0.717, 1.165) is 57.4 Å². The monoisotopic (exact) mass is 343 g/mol. The number of hydrogen-bond acceptors (Lipinski definition) is 5. The first kappa shape index (κ1) is 16.5. The summed E-state index contributed by atoms with van der Waals surface area (Å²) in [6.45, 7) is 6.53. The molecule has 2 saturated heterocycles. The molecule has 0 radical (unpaired) electrons. The smallest absolute Gasteiger partial charge is 0.289 e. The molecule has 6 heteroatoms. The van der Waals surface area contributed by atoms with Crippen molar-refractivity contribution in [2.75, 3.05) is 32.7 Å². The highest BCUT2D eigenvalue weighted by Gasteiger charge is 2.27. The van der Waals surface area contributed by atoms with Gasteiger partial charge in [-0.05, 0) is 44.9 Å². The lowest BCUT2D eigenvalue weighted by Gasteiger charge is -2.24. The molecule has 0 aromatic carbocycles. The van der Waals surface area contributed by atoms with E-state index in [9.17, 15) is 4.79 Å². The van der Waals surface area contributed by atoms with Crippen LogP contribution in [0.4, 0.5) is 0 Å². The highest BCUT2D eigenvalue weighted by Crippen LogP contribution is 2.22. The molecule has 4 rings (SSSR count). The number of ether oxygens (including phenoxy) is 1. The third kappa shape index (κ3) is 3.70. The zero-order chi connectivity index (χ0) is 17.2. The molecule has 0 saturated carbocycles. The minimum Gasteiger partial charge on any atom is -0.451 e. The van der Waals surface area contributed by atoms with Gasteiger partial charge in [0.15, 0.2) is 5.76 Å². The molecule has 2 aromatic heterocycles. The van der Waals surface area contributed by atoms with Crippen LogP contribution in [0.1, 0.15) is 36.7 Å². The molecular formula is C19H25N3O3. The van der Waals surface area contributed by atoms with Crippen LogP contribution in [0.3, 0.4) is 0 Å². The van der Waals surface area contributed by atoms with E-state index in [-0.39, 0.29) is 5.91 Å². The predicted molar refractivity (Wildman–Crippen MR) is 94.5 cm³/mol. The van der Waals surface area contributed by atoms with Crippen LogP contribution >= 0.6 is 0 Å². The van der Waals surface area contributed by atoms with E-state index in [1.807, 2.05) is 4.90 Å². The normalized spacial score (nSPS) is 25.4. The summed E-state index contributed by atoms with van der Waals surface area (Å²) in [5, 5.41) is 0.870. The maximum absolute atomic E-state index is 12.8. The summed E-state index contributed by atoms with van der Waals surface area (Å²) in [5.41, 5.74) is 0.710. The van der Waals surface area contributed by atoms with E-state index < -0.39 is 0 Å². The quantitative estimate of drug-likeness (QED) is 0.857. The van der Waals surface area contributed by atoms with Crippen LogP contribution in [-0.2, 0) is 4.74 Å². The summed E-state index contributed by atoms with van der Waals surface area (Å²) < 4.78 is 11.6. The average Bonchev–Trinajstić information content (AvgIpc) is 3.15. The van der Waals surface area contributed by atoms with Crippen LogP contribution in [0.25, 0.3) is 11.0 Å². The molecule has 2 unspecified atom stereocenters. The van der Waals surface area contributed by atoms with Crippen molar-refractivity contribution in [3.8, 4) is 0 Å². The third-order valence-electron chi connectivity index (χ3n) is 5.18. The van der Waals surface area contributed by atoms with Crippen LogP contribution in [-0.4, -0.2) is 65.6 Å². The lowest BCUT2D eigenvalue weighted by atomic mass is 10.2. The number of fused-ring (bicyclic) bond motifs is 1. The molecule has 0 bridgehead atoms. The zero-order valence-electron chi connectivity index (χ0n) is 14.7. The molecule has 0 spiro atoms. The van der Waals surface area contributed by atoms with Gasteiger partial charge in [-0.2, -0.15) is 0 Å². The summed E-state index contributed by atoms with van der Waals surface area (Å²) in [6.07, 6.45) is 7.42. The highest BCUT2D eigenvalue weighted by atomic mass is 16.5. The van der Waals surface area contributed by atoms with Crippen molar-refractivity contribution >= 4 is 16.9 Å². The van der Waals surface area contributed by atoms with E-state index in [1.54, 1.807) is 24.5 Å². The van der Waals surface area contributed by atoms with Crippen molar-refractivity contribution in [2.45, 2.75) is 38.4 Å². The second-order valence-electron chi connectivity index (χ2n) is 7.12. The Morgan fingerprint density at radius 2 is 2.20 bits per heavy atom. The van der Waals surface area contributed by atoms with E-state index in [1.165, 1.54) is 0 Å². The predicted octanol–water partition coefficient (Wildman–Crippen LogP) is 2.54. The van der Waals surface area contributed by atoms with E-state index in [0.29, 0.717) is 23.6 Å².